The molecular weight excluding hydrogens is 393 g/mol. The van der Waals surface area contributed by atoms with Gasteiger partial charge in [0.15, 0.2) is 0 Å². The van der Waals surface area contributed by atoms with E-state index in [0.29, 0.717) is 22.3 Å². The Labute approximate surface area is 168 Å². The second-order valence-corrected chi connectivity index (χ2v) is 7.65. The summed E-state index contributed by atoms with van der Waals surface area (Å²) in [5, 5.41) is 4.56. The Hall–Kier alpha value is -1.46. The Morgan fingerprint density at radius 1 is 1.00 bits per heavy atom. The van der Waals surface area contributed by atoms with Gasteiger partial charge in [-0.25, -0.2) is 0 Å². The lowest BCUT2D eigenvalue weighted by molar-refractivity contribution is -0.117. The highest BCUT2D eigenvalue weighted by Crippen LogP contribution is 2.26. The predicted molar refractivity (Wildman–Crippen MR) is 110 cm³/mol. The summed E-state index contributed by atoms with van der Waals surface area (Å²) >= 11 is 18.1. The molecule has 1 saturated heterocycles. The molecule has 1 fully saturated rings. The number of carbonyl (C=O) groups excluding carboxylic acids is 1. The quantitative estimate of drug-likeness (QED) is 0.789. The minimum absolute atomic E-state index is 0.0818. The van der Waals surface area contributed by atoms with Gasteiger partial charge in [-0.3, -0.25) is 9.69 Å². The molecular formula is C19H20Cl3N3O. The van der Waals surface area contributed by atoms with Crippen LogP contribution in [0.25, 0.3) is 0 Å². The number of nitrogens with zero attached hydrogens (tertiary/aromatic N) is 2. The fourth-order valence-electron chi connectivity index (χ4n) is 3.05. The highest BCUT2D eigenvalue weighted by molar-refractivity contribution is 6.36. The van der Waals surface area contributed by atoms with E-state index >= 15 is 0 Å². The van der Waals surface area contributed by atoms with Crippen LogP contribution in [0.1, 0.15) is 5.56 Å². The van der Waals surface area contributed by atoms with E-state index in [9.17, 15) is 4.79 Å². The lowest BCUT2D eigenvalue weighted by atomic mass is 10.1. The summed E-state index contributed by atoms with van der Waals surface area (Å²) in [6.07, 6.45) is 0. The third-order valence-corrected chi connectivity index (χ3v) is 5.24. The van der Waals surface area contributed by atoms with Gasteiger partial charge in [0.1, 0.15) is 0 Å². The molecule has 1 N–H and O–H groups in total. The lowest BCUT2D eigenvalue weighted by Crippen LogP contribution is -2.48. The summed E-state index contributed by atoms with van der Waals surface area (Å²) in [6, 6.07) is 11.0. The van der Waals surface area contributed by atoms with Gasteiger partial charge in [-0.15, -0.1) is 0 Å². The highest BCUT2D eigenvalue weighted by atomic mass is 35.5. The number of halogens is 3. The number of piperazine rings is 1. The monoisotopic (exact) mass is 411 g/mol. The molecule has 0 bridgehead atoms. The molecule has 1 aliphatic heterocycles. The molecule has 7 heteroatoms. The molecule has 0 spiro atoms. The predicted octanol–water partition coefficient (Wildman–Crippen LogP) is 4.72. The molecule has 1 amide bonds. The summed E-state index contributed by atoms with van der Waals surface area (Å²) < 4.78 is 0. The number of nitrogens with one attached hydrogen (secondary N) is 1. The molecule has 1 heterocycles. The molecule has 3 rings (SSSR count). The molecule has 2 aromatic rings. The van der Waals surface area contributed by atoms with Gasteiger partial charge >= 0.3 is 0 Å². The number of anilines is 2. The largest absolute Gasteiger partial charge is 0.369 e. The number of aryl methyl sites for hydroxylation is 1. The number of hydrogen-bond donors (Lipinski definition) is 1. The van der Waals surface area contributed by atoms with E-state index in [4.69, 9.17) is 34.8 Å². The zero-order valence-electron chi connectivity index (χ0n) is 14.4. The maximum atomic E-state index is 12.3. The Kier molecular flexibility index (Phi) is 6.30. The van der Waals surface area contributed by atoms with E-state index in [-0.39, 0.29) is 5.91 Å². The summed E-state index contributed by atoms with van der Waals surface area (Å²) in [4.78, 5) is 16.7. The molecule has 1 aliphatic rings. The van der Waals surface area contributed by atoms with Gasteiger partial charge in [-0.1, -0.05) is 40.9 Å². The first kappa shape index (κ1) is 19.3. The molecule has 26 heavy (non-hydrogen) atoms. The first-order chi connectivity index (χ1) is 12.4. The van der Waals surface area contributed by atoms with Gasteiger partial charge in [-0.2, -0.15) is 0 Å². The van der Waals surface area contributed by atoms with E-state index in [1.165, 1.54) is 5.56 Å². The van der Waals surface area contributed by atoms with Crippen LogP contribution >= 0.6 is 34.8 Å². The van der Waals surface area contributed by atoms with Gasteiger partial charge in [0.25, 0.3) is 0 Å². The zero-order chi connectivity index (χ0) is 18.7. The minimum atomic E-state index is -0.0818. The first-order valence-corrected chi connectivity index (χ1v) is 9.54. The van der Waals surface area contributed by atoms with Gasteiger partial charge in [-0.05, 0) is 42.8 Å². The van der Waals surface area contributed by atoms with Gasteiger partial charge in [0.05, 0.1) is 17.3 Å². The van der Waals surface area contributed by atoms with Gasteiger partial charge in [0.2, 0.25) is 5.91 Å². The summed E-state index contributed by atoms with van der Waals surface area (Å²) in [6.45, 7) is 5.76. The van der Waals surface area contributed by atoms with Crippen molar-refractivity contribution in [1.29, 1.82) is 0 Å². The van der Waals surface area contributed by atoms with E-state index in [0.717, 1.165) is 36.9 Å². The van der Waals surface area contributed by atoms with Gasteiger partial charge < -0.3 is 10.2 Å². The standard InChI is InChI=1S/C19H20Cl3N3O/c1-13-2-3-15(21)11-18(13)25-8-6-24(7-9-25)12-19(26)23-17-5-4-14(20)10-16(17)22/h2-5,10-11H,6-9,12H2,1H3,(H,23,26). The second kappa shape index (κ2) is 8.49. The van der Waals surface area contributed by atoms with Crippen LogP contribution in [0.15, 0.2) is 36.4 Å². The van der Waals surface area contributed by atoms with Crippen molar-refractivity contribution in [3.8, 4) is 0 Å². The van der Waals surface area contributed by atoms with Crippen LogP contribution in [0.3, 0.4) is 0 Å². The number of benzene rings is 2. The third kappa shape index (κ3) is 4.83. The molecule has 0 aliphatic carbocycles. The fraction of sp³-hybridized carbons (Fsp3) is 0.316. The number of hydrogen-bond acceptors (Lipinski definition) is 3. The average Bonchev–Trinajstić information content (AvgIpc) is 2.60. The average molecular weight is 413 g/mol. The van der Waals surface area contributed by atoms with Crippen molar-refractivity contribution in [3.05, 3.63) is 57.0 Å². The summed E-state index contributed by atoms with van der Waals surface area (Å²) in [5.74, 6) is -0.0818. The summed E-state index contributed by atoms with van der Waals surface area (Å²) in [5.41, 5.74) is 2.95. The van der Waals surface area contributed by atoms with Crippen LogP contribution in [-0.4, -0.2) is 43.5 Å². The Balaban J connectivity index is 1.53. The number of carbonyl (C=O) groups is 1. The minimum Gasteiger partial charge on any atom is -0.369 e. The molecule has 0 saturated carbocycles. The SMILES string of the molecule is Cc1ccc(Cl)cc1N1CCN(CC(=O)Nc2ccc(Cl)cc2Cl)CC1. The second-order valence-electron chi connectivity index (χ2n) is 6.37. The van der Waals surface area contributed by atoms with Crippen LogP contribution < -0.4 is 10.2 Å². The fourth-order valence-corrected chi connectivity index (χ4v) is 3.68. The Morgan fingerprint density at radius 2 is 1.65 bits per heavy atom. The zero-order valence-corrected chi connectivity index (χ0v) is 16.7. The van der Waals surface area contributed by atoms with Crippen molar-refractivity contribution in [2.24, 2.45) is 0 Å². The molecule has 138 valence electrons. The normalized spacial score (nSPS) is 15.2. The number of amides is 1. The number of rotatable bonds is 4. The van der Waals surface area contributed by atoms with Crippen LogP contribution in [-0.2, 0) is 4.79 Å². The summed E-state index contributed by atoms with van der Waals surface area (Å²) in [7, 11) is 0. The highest BCUT2D eigenvalue weighted by Gasteiger charge is 2.20. The van der Waals surface area contributed by atoms with Crippen molar-refractivity contribution < 1.29 is 4.79 Å². The molecule has 0 unspecified atom stereocenters. The maximum absolute atomic E-state index is 12.3. The maximum Gasteiger partial charge on any atom is 0.238 e. The van der Waals surface area contributed by atoms with Crippen LogP contribution in [0.4, 0.5) is 11.4 Å². The smallest absolute Gasteiger partial charge is 0.238 e. The lowest BCUT2D eigenvalue weighted by Gasteiger charge is -2.36. The molecule has 0 aromatic heterocycles. The van der Waals surface area contributed by atoms with Gasteiger partial charge in [0, 0.05) is 41.9 Å². The molecule has 0 atom stereocenters. The third-order valence-electron chi connectivity index (χ3n) is 4.46. The van der Waals surface area contributed by atoms with E-state index in [1.807, 2.05) is 18.2 Å². The van der Waals surface area contributed by atoms with E-state index < -0.39 is 0 Å². The van der Waals surface area contributed by atoms with Crippen molar-refractivity contribution >= 4 is 52.1 Å². The van der Waals surface area contributed by atoms with E-state index in [1.54, 1.807) is 18.2 Å². The van der Waals surface area contributed by atoms with Crippen molar-refractivity contribution in [2.75, 3.05) is 42.9 Å². The Morgan fingerprint density at radius 3 is 2.35 bits per heavy atom. The van der Waals surface area contributed by atoms with Crippen molar-refractivity contribution in [2.45, 2.75) is 6.92 Å². The molecule has 0 radical (unpaired) electrons. The first-order valence-electron chi connectivity index (χ1n) is 8.41. The van der Waals surface area contributed by atoms with Crippen LogP contribution in [0, 0.1) is 6.92 Å². The molecule has 4 nitrogen and oxygen atoms in total. The Bertz CT molecular complexity index is 805. The van der Waals surface area contributed by atoms with Crippen molar-refractivity contribution in [3.63, 3.8) is 0 Å². The van der Waals surface area contributed by atoms with Crippen LogP contribution in [0.5, 0.6) is 0 Å². The van der Waals surface area contributed by atoms with E-state index in [2.05, 4.69) is 22.0 Å². The molecule has 2 aromatic carbocycles. The van der Waals surface area contributed by atoms with Crippen LogP contribution in [0.2, 0.25) is 15.1 Å². The van der Waals surface area contributed by atoms with Crippen molar-refractivity contribution in [1.82, 2.24) is 4.90 Å². The topological polar surface area (TPSA) is 35.6 Å².